The second-order valence-corrected chi connectivity index (χ2v) is 8.17. The van der Waals surface area contributed by atoms with Crippen LogP contribution in [0.1, 0.15) is 36.9 Å². The summed E-state index contributed by atoms with van der Waals surface area (Å²) in [5, 5.41) is 2.75. The molecule has 8 heteroatoms. The van der Waals surface area contributed by atoms with Crippen molar-refractivity contribution in [2.24, 2.45) is 0 Å². The van der Waals surface area contributed by atoms with E-state index in [4.69, 9.17) is 9.47 Å². The average molecular weight is 437 g/mol. The number of likely N-dealkylation sites (tertiary alicyclic amines) is 1. The number of carbonyl (C=O) groups excluding carboxylic acids is 3. The molecule has 0 aromatic heterocycles. The van der Waals surface area contributed by atoms with Gasteiger partial charge in [-0.25, -0.2) is 4.79 Å². The highest BCUT2D eigenvalue weighted by molar-refractivity contribution is 6.09. The van der Waals surface area contributed by atoms with Crippen LogP contribution in [0.3, 0.4) is 0 Å². The molecule has 2 aromatic carbocycles. The lowest BCUT2D eigenvalue weighted by atomic mass is 9.92. The number of ether oxygens (including phenoxy) is 2. The minimum atomic E-state index is -1.20. The first kappa shape index (κ1) is 21.7. The Morgan fingerprint density at radius 1 is 1.12 bits per heavy atom. The van der Waals surface area contributed by atoms with E-state index in [1.165, 1.54) is 0 Å². The van der Waals surface area contributed by atoms with Gasteiger partial charge >= 0.3 is 6.03 Å². The van der Waals surface area contributed by atoms with Crippen LogP contribution in [0.15, 0.2) is 48.5 Å². The number of urea groups is 1. The molecule has 2 aliphatic rings. The second kappa shape index (κ2) is 8.53. The van der Waals surface area contributed by atoms with Crippen molar-refractivity contribution in [1.29, 1.82) is 0 Å². The van der Waals surface area contributed by atoms with E-state index in [1.807, 2.05) is 30.3 Å². The topological polar surface area (TPSA) is 88.2 Å². The minimum Gasteiger partial charge on any atom is -0.497 e. The summed E-state index contributed by atoms with van der Waals surface area (Å²) in [4.78, 5) is 41.8. The maximum atomic E-state index is 13.3. The maximum Gasteiger partial charge on any atom is 0.325 e. The highest BCUT2D eigenvalue weighted by Gasteiger charge is 2.50. The molecule has 0 saturated carbocycles. The summed E-state index contributed by atoms with van der Waals surface area (Å²) in [5.41, 5.74) is 0.330. The van der Waals surface area contributed by atoms with Crippen molar-refractivity contribution < 1.29 is 23.9 Å². The number of imide groups is 1. The van der Waals surface area contributed by atoms with Gasteiger partial charge in [0.2, 0.25) is 5.91 Å². The van der Waals surface area contributed by atoms with E-state index in [9.17, 15) is 14.4 Å². The van der Waals surface area contributed by atoms with Crippen molar-refractivity contribution in [3.63, 3.8) is 0 Å². The lowest BCUT2D eigenvalue weighted by Crippen LogP contribution is -2.44. The van der Waals surface area contributed by atoms with Crippen molar-refractivity contribution in [2.75, 3.05) is 27.3 Å². The third-order valence-electron chi connectivity index (χ3n) is 6.29. The summed E-state index contributed by atoms with van der Waals surface area (Å²) in [7, 11) is 3.18. The molecule has 2 heterocycles. The summed E-state index contributed by atoms with van der Waals surface area (Å²) in [5.74, 6) is 0.630. The molecule has 4 amide bonds. The first-order valence-electron chi connectivity index (χ1n) is 10.6. The van der Waals surface area contributed by atoms with Crippen LogP contribution >= 0.6 is 0 Å². The van der Waals surface area contributed by atoms with Crippen LogP contribution in [0.4, 0.5) is 4.79 Å². The van der Waals surface area contributed by atoms with Gasteiger partial charge in [-0.15, -0.1) is 0 Å². The first-order chi connectivity index (χ1) is 15.4. The van der Waals surface area contributed by atoms with E-state index >= 15 is 0 Å². The van der Waals surface area contributed by atoms with Gasteiger partial charge in [0, 0.05) is 12.1 Å². The number of benzene rings is 2. The zero-order valence-electron chi connectivity index (χ0n) is 18.5. The van der Waals surface area contributed by atoms with Gasteiger partial charge in [0.15, 0.2) is 0 Å². The summed E-state index contributed by atoms with van der Waals surface area (Å²) < 4.78 is 10.9. The van der Waals surface area contributed by atoms with E-state index in [0.29, 0.717) is 23.6 Å². The van der Waals surface area contributed by atoms with Gasteiger partial charge < -0.3 is 19.7 Å². The standard InChI is InChI=1S/C24H27N3O5/c1-24(16-8-5-4-6-9-16)22(29)27(23(30)25-24)15-21(28)26-13-7-10-19(26)18-14-17(31-2)11-12-20(18)32-3/h4-6,8-9,11-12,14,19H,7,10,13,15H2,1-3H3,(H,25,30)/t19-,24+/m0/s1. The Morgan fingerprint density at radius 3 is 2.56 bits per heavy atom. The highest BCUT2D eigenvalue weighted by Crippen LogP contribution is 2.39. The fourth-order valence-corrected chi connectivity index (χ4v) is 4.52. The first-order valence-corrected chi connectivity index (χ1v) is 10.6. The lowest BCUT2D eigenvalue weighted by Gasteiger charge is -2.28. The molecule has 8 nitrogen and oxygen atoms in total. The van der Waals surface area contributed by atoms with Crippen molar-refractivity contribution >= 4 is 17.8 Å². The predicted molar refractivity (Wildman–Crippen MR) is 117 cm³/mol. The number of nitrogens with zero attached hydrogens (tertiary/aromatic N) is 2. The number of hydrogen-bond acceptors (Lipinski definition) is 5. The quantitative estimate of drug-likeness (QED) is 0.702. The number of methoxy groups -OCH3 is 2. The highest BCUT2D eigenvalue weighted by atomic mass is 16.5. The Hall–Kier alpha value is -3.55. The zero-order valence-corrected chi connectivity index (χ0v) is 18.5. The van der Waals surface area contributed by atoms with Crippen LogP contribution in [-0.2, 0) is 15.1 Å². The molecule has 0 radical (unpaired) electrons. The lowest BCUT2D eigenvalue weighted by molar-refractivity contribution is -0.139. The summed E-state index contributed by atoms with van der Waals surface area (Å²) in [6.07, 6.45) is 1.58. The molecule has 32 heavy (non-hydrogen) atoms. The summed E-state index contributed by atoms with van der Waals surface area (Å²) in [6.45, 7) is 1.89. The average Bonchev–Trinajstić information content (AvgIpc) is 3.39. The third-order valence-corrected chi connectivity index (χ3v) is 6.29. The van der Waals surface area contributed by atoms with Crippen LogP contribution in [0.25, 0.3) is 0 Å². The van der Waals surface area contributed by atoms with Crippen molar-refractivity contribution in [3.05, 3.63) is 59.7 Å². The summed E-state index contributed by atoms with van der Waals surface area (Å²) >= 11 is 0. The van der Waals surface area contributed by atoms with E-state index < -0.39 is 17.5 Å². The predicted octanol–water partition coefficient (Wildman–Crippen LogP) is 2.83. The van der Waals surface area contributed by atoms with Crippen LogP contribution in [0.2, 0.25) is 0 Å². The smallest absolute Gasteiger partial charge is 0.325 e. The second-order valence-electron chi connectivity index (χ2n) is 8.17. The molecule has 4 rings (SSSR count). The molecule has 2 fully saturated rings. The largest absolute Gasteiger partial charge is 0.497 e. The molecule has 2 atom stereocenters. The van der Waals surface area contributed by atoms with Gasteiger partial charge in [0.1, 0.15) is 23.6 Å². The van der Waals surface area contributed by atoms with E-state index in [1.54, 1.807) is 44.2 Å². The number of nitrogens with one attached hydrogen (secondary N) is 1. The van der Waals surface area contributed by atoms with Crippen molar-refractivity contribution in [1.82, 2.24) is 15.1 Å². The molecule has 0 aliphatic carbocycles. The molecule has 168 valence electrons. The van der Waals surface area contributed by atoms with Crippen LogP contribution in [0, 0.1) is 0 Å². The van der Waals surface area contributed by atoms with Crippen LogP contribution in [0.5, 0.6) is 11.5 Å². The van der Waals surface area contributed by atoms with Crippen molar-refractivity contribution in [3.8, 4) is 11.5 Å². The minimum absolute atomic E-state index is 0.214. The zero-order chi connectivity index (χ0) is 22.9. The van der Waals surface area contributed by atoms with Crippen molar-refractivity contribution in [2.45, 2.75) is 31.3 Å². The Kier molecular flexibility index (Phi) is 5.78. The van der Waals surface area contributed by atoms with E-state index in [2.05, 4.69) is 5.32 Å². The fraction of sp³-hybridized carbons (Fsp3) is 0.375. The van der Waals surface area contributed by atoms with Gasteiger partial charge in [-0.3, -0.25) is 14.5 Å². The van der Waals surface area contributed by atoms with Crippen LogP contribution in [-0.4, -0.2) is 55.0 Å². The molecule has 2 saturated heterocycles. The molecule has 0 bridgehead atoms. The number of hydrogen-bond donors (Lipinski definition) is 1. The Bertz CT molecular complexity index is 1040. The molecule has 2 aliphatic heterocycles. The van der Waals surface area contributed by atoms with E-state index in [0.717, 1.165) is 23.3 Å². The molecular formula is C24H27N3O5. The monoisotopic (exact) mass is 437 g/mol. The SMILES string of the molecule is COc1ccc(OC)c([C@@H]2CCCN2C(=O)CN2C(=O)N[C@](C)(c3ccccc3)C2=O)c1. The van der Waals surface area contributed by atoms with Gasteiger partial charge in [0.05, 0.1) is 20.3 Å². The third kappa shape index (κ3) is 3.66. The number of amides is 4. The Balaban J connectivity index is 1.55. The van der Waals surface area contributed by atoms with E-state index in [-0.39, 0.29) is 18.5 Å². The molecule has 0 unspecified atom stereocenters. The molecule has 0 spiro atoms. The Morgan fingerprint density at radius 2 is 1.88 bits per heavy atom. The van der Waals surface area contributed by atoms with Gasteiger partial charge in [0.25, 0.3) is 5.91 Å². The normalized spacial score (nSPS) is 22.8. The van der Waals surface area contributed by atoms with Crippen LogP contribution < -0.4 is 14.8 Å². The van der Waals surface area contributed by atoms with Gasteiger partial charge in [-0.2, -0.15) is 0 Å². The molecule has 2 aromatic rings. The number of rotatable bonds is 6. The van der Waals surface area contributed by atoms with Gasteiger partial charge in [-0.05, 0) is 43.5 Å². The Labute approximate surface area is 187 Å². The molecular weight excluding hydrogens is 410 g/mol. The number of carbonyl (C=O) groups is 3. The maximum absolute atomic E-state index is 13.3. The fourth-order valence-electron chi connectivity index (χ4n) is 4.52. The molecule has 1 N–H and O–H groups in total. The van der Waals surface area contributed by atoms with Gasteiger partial charge in [-0.1, -0.05) is 30.3 Å². The summed E-state index contributed by atoms with van der Waals surface area (Å²) in [6, 6.07) is 13.8.